The van der Waals surface area contributed by atoms with Crippen molar-refractivity contribution in [1.29, 1.82) is 5.26 Å². The lowest BCUT2D eigenvalue weighted by Crippen LogP contribution is -1.97. The lowest BCUT2D eigenvalue weighted by atomic mass is 10.2. The molecule has 2 rings (SSSR count). The van der Waals surface area contributed by atoms with Gasteiger partial charge in [0.05, 0.1) is 11.6 Å². The first-order valence-corrected chi connectivity index (χ1v) is 6.42. The van der Waals surface area contributed by atoms with Gasteiger partial charge in [0.2, 0.25) is 0 Å². The van der Waals surface area contributed by atoms with Crippen LogP contribution in [0, 0.1) is 11.3 Å². The first-order valence-electron chi connectivity index (χ1n) is 4.75. The minimum Gasteiger partial charge on any atom is -0.380 e. The standard InChI is InChI=1S/C12H9BrN2S/c13-10-4-9(7-14)5-11(6-10)15-8-12-2-1-3-16-12/h1-6,15H,8H2. The highest BCUT2D eigenvalue weighted by Crippen LogP contribution is 2.20. The van der Waals surface area contributed by atoms with E-state index in [1.165, 1.54) is 4.88 Å². The van der Waals surface area contributed by atoms with Gasteiger partial charge in [-0.1, -0.05) is 22.0 Å². The second kappa shape index (κ2) is 5.15. The number of nitrogens with one attached hydrogen (secondary N) is 1. The van der Waals surface area contributed by atoms with E-state index in [0.717, 1.165) is 16.7 Å². The third-order valence-electron chi connectivity index (χ3n) is 2.07. The van der Waals surface area contributed by atoms with E-state index in [4.69, 9.17) is 5.26 Å². The Labute approximate surface area is 107 Å². The zero-order chi connectivity index (χ0) is 11.4. The average Bonchev–Trinajstić information content (AvgIpc) is 2.78. The quantitative estimate of drug-likeness (QED) is 0.928. The van der Waals surface area contributed by atoms with Crippen LogP contribution in [-0.2, 0) is 6.54 Å². The lowest BCUT2D eigenvalue weighted by molar-refractivity contribution is 1.19. The zero-order valence-electron chi connectivity index (χ0n) is 8.40. The van der Waals surface area contributed by atoms with Gasteiger partial charge in [-0.05, 0) is 29.6 Å². The van der Waals surface area contributed by atoms with E-state index in [2.05, 4.69) is 38.8 Å². The number of thiophene rings is 1. The molecule has 0 saturated heterocycles. The Balaban J connectivity index is 2.10. The summed E-state index contributed by atoms with van der Waals surface area (Å²) in [5.74, 6) is 0. The molecule has 0 aliphatic rings. The van der Waals surface area contributed by atoms with Crippen molar-refractivity contribution in [2.75, 3.05) is 5.32 Å². The minimum atomic E-state index is 0.656. The van der Waals surface area contributed by atoms with Crippen LogP contribution in [0.4, 0.5) is 5.69 Å². The van der Waals surface area contributed by atoms with Gasteiger partial charge in [-0.15, -0.1) is 11.3 Å². The summed E-state index contributed by atoms with van der Waals surface area (Å²) in [7, 11) is 0. The largest absolute Gasteiger partial charge is 0.380 e. The second-order valence-corrected chi connectivity index (χ2v) is 5.22. The van der Waals surface area contributed by atoms with E-state index in [9.17, 15) is 0 Å². The van der Waals surface area contributed by atoms with Crippen LogP contribution in [0.3, 0.4) is 0 Å². The van der Waals surface area contributed by atoms with Crippen LogP contribution in [0.15, 0.2) is 40.2 Å². The van der Waals surface area contributed by atoms with Gasteiger partial charge in [-0.3, -0.25) is 0 Å². The molecule has 4 heteroatoms. The van der Waals surface area contributed by atoms with Crippen molar-refractivity contribution >= 4 is 33.0 Å². The Morgan fingerprint density at radius 2 is 2.25 bits per heavy atom. The summed E-state index contributed by atoms with van der Waals surface area (Å²) in [5.41, 5.74) is 1.61. The summed E-state index contributed by atoms with van der Waals surface area (Å²) in [5, 5.41) is 14.2. The van der Waals surface area contributed by atoms with Gasteiger partial charge in [0.25, 0.3) is 0 Å². The lowest BCUT2D eigenvalue weighted by Gasteiger charge is -2.05. The molecule has 0 bridgehead atoms. The highest BCUT2D eigenvalue weighted by atomic mass is 79.9. The number of anilines is 1. The van der Waals surface area contributed by atoms with Crippen molar-refractivity contribution in [3.05, 3.63) is 50.6 Å². The van der Waals surface area contributed by atoms with Crippen LogP contribution in [0.1, 0.15) is 10.4 Å². The van der Waals surface area contributed by atoms with E-state index in [1.54, 1.807) is 17.4 Å². The van der Waals surface area contributed by atoms with Gasteiger partial charge in [-0.2, -0.15) is 5.26 Å². The molecule has 80 valence electrons. The van der Waals surface area contributed by atoms with E-state index in [1.807, 2.05) is 18.2 Å². The van der Waals surface area contributed by atoms with E-state index >= 15 is 0 Å². The Hall–Kier alpha value is -1.31. The zero-order valence-corrected chi connectivity index (χ0v) is 10.8. The molecule has 16 heavy (non-hydrogen) atoms. The first kappa shape index (κ1) is 11.2. The number of benzene rings is 1. The molecule has 1 aromatic carbocycles. The van der Waals surface area contributed by atoms with Crippen LogP contribution in [-0.4, -0.2) is 0 Å². The Kier molecular flexibility index (Phi) is 3.60. The van der Waals surface area contributed by atoms with Crippen molar-refractivity contribution < 1.29 is 0 Å². The predicted octanol–water partition coefficient (Wildman–Crippen LogP) is 3.99. The fourth-order valence-corrected chi connectivity index (χ4v) is 2.50. The molecular weight excluding hydrogens is 284 g/mol. The van der Waals surface area contributed by atoms with E-state index in [0.29, 0.717) is 5.56 Å². The molecule has 0 unspecified atom stereocenters. The van der Waals surface area contributed by atoms with Gasteiger partial charge in [0.1, 0.15) is 0 Å². The van der Waals surface area contributed by atoms with Gasteiger partial charge >= 0.3 is 0 Å². The molecule has 0 spiro atoms. The number of rotatable bonds is 3. The summed E-state index contributed by atoms with van der Waals surface area (Å²) in [4.78, 5) is 1.28. The molecule has 0 fully saturated rings. The maximum atomic E-state index is 8.84. The van der Waals surface area contributed by atoms with Gasteiger partial charge in [-0.25, -0.2) is 0 Å². The van der Waals surface area contributed by atoms with Crippen LogP contribution in [0.25, 0.3) is 0 Å². The summed E-state index contributed by atoms with van der Waals surface area (Å²) < 4.78 is 0.917. The molecule has 0 amide bonds. The van der Waals surface area contributed by atoms with Gasteiger partial charge < -0.3 is 5.32 Å². The summed E-state index contributed by atoms with van der Waals surface area (Å²) in [6.45, 7) is 0.791. The highest BCUT2D eigenvalue weighted by molar-refractivity contribution is 9.10. The maximum Gasteiger partial charge on any atom is 0.0992 e. The Morgan fingerprint density at radius 1 is 1.38 bits per heavy atom. The monoisotopic (exact) mass is 292 g/mol. The Bertz CT molecular complexity index is 514. The van der Waals surface area contributed by atoms with Crippen molar-refractivity contribution in [3.63, 3.8) is 0 Å². The minimum absolute atomic E-state index is 0.656. The number of hydrogen-bond acceptors (Lipinski definition) is 3. The maximum absolute atomic E-state index is 8.84. The van der Waals surface area contributed by atoms with Crippen LogP contribution < -0.4 is 5.32 Å². The summed E-state index contributed by atoms with van der Waals surface area (Å²) in [6.07, 6.45) is 0. The fourth-order valence-electron chi connectivity index (χ4n) is 1.36. The van der Waals surface area contributed by atoms with E-state index in [-0.39, 0.29) is 0 Å². The van der Waals surface area contributed by atoms with Crippen molar-refractivity contribution in [2.24, 2.45) is 0 Å². The molecule has 1 aromatic heterocycles. The molecule has 2 nitrogen and oxygen atoms in total. The first-order chi connectivity index (χ1) is 7.78. The fraction of sp³-hybridized carbons (Fsp3) is 0.0833. The number of halogens is 1. The molecule has 1 heterocycles. The predicted molar refractivity (Wildman–Crippen MR) is 70.5 cm³/mol. The number of nitriles is 1. The molecule has 0 saturated carbocycles. The van der Waals surface area contributed by atoms with Crippen LogP contribution in [0.2, 0.25) is 0 Å². The average molecular weight is 293 g/mol. The third kappa shape index (κ3) is 2.84. The normalized spacial score (nSPS) is 9.75. The summed E-state index contributed by atoms with van der Waals surface area (Å²) in [6, 6.07) is 11.9. The van der Waals surface area contributed by atoms with Crippen molar-refractivity contribution in [1.82, 2.24) is 0 Å². The molecule has 0 aliphatic heterocycles. The molecule has 1 N–H and O–H groups in total. The van der Waals surface area contributed by atoms with Crippen LogP contribution in [0.5, 0.6) is 0 Å². The van der Waals surface area contributed by atoms with Gasteiger partial charge in [0.15, 0.2) is 0 Å². The van der Waals surface area contributed by atoms with Crippen molar-refractivity contribution in [3.8, 4) is 6.07 Å². The van der Waals surface area contributed by atoms with E-state index < -0.39 is 0 Å². The molecule has 2 aromatic rings. The SMILES string of the molecule is N#Cc1cc(Br)cc(NCc2cccs2)c1. The van der Waals surface area contributed by atoms with Crippen molar-refractivity contribution in [2.45, 2.75) is 6.54 Å². The molecule has 0 radical (unpaired) electrons. The molecular formula is C12H9BrN2S. The molecule has 0 aliphatic carbocycles. The highest BCUT2D eigenvalue weighted by Gasteiger charge is 1.99. The van der Waals surface area contributed by atoms with Gasteiger partial charge in [0, 0.05) is 21.6 Å². The summed E-state index contributed by atoms with van der Waals surface area (Å²) >= 11 is 5.10. The van der Waals surface area contributed by atoms with Crippen LogP contribution >= 0.6 is 27.3 Å². The molecule has 0 atom stereocenters. The third-order valence-corrected chi connectivity index (χ3v) is 3.41. The smallest absolute Gasteiger partial charge is 0.0992 e. The second-order valence-electron chi connectivity index (χ2n) is 3.27. The number of hydrogen-bond donors (Lipinski definition) is 1. The Morgan fingerprint density at radius 3 is 2.94 bits per heavy atom. The number of nitrogens with zero attached hydrogens (tertiary/aromatic N) is 1. The topological polar surface area (TPSA) is 35.8 Å².